The molecule has 1 aliphatic rings. The second-order valence-corrected chi connectivity index (χ2v) is 4.52. The fourth-order valence-corrected chi connectivity index (χ4v) is 2.46. The van der Waals surface area contributed by atoms with E-state index in [2.05, 4.69) is 10.00 Å². The second-order valence-electron chi connectivity index (χ2n) is 4.52. The summed E-state index contributed by atoms with van der Waals surface area (Å²) in [5.41, 5.74) is 1.48. The first-order chi connectivity index (χ1) is 8.15. The summed E-state index contributed by atoms with van der Waals surface area (Å²) in [6.45, 7) is 3.45. The Balaban J connectivity index is 2.28. The van der Waals surface area contributed by atoms with Gasteiger partial charge in [-0.1, -0.05) is 0 Å². The Morgan fingerprint density at radius 1 is 1.47 bits per heavy atom. The molecule has 1 saturated heterocycles. The first-order valence-corrected chi connectivity index (χ1v) is 5.94. The van der Waals surface area contributed by atoms with E-state index < -0.39 is 0 Å². The highest BCUT2D eigenvalue weighted by Gasteiger charge is 2.24. The Hall–Kier alpha value is -1.36. The maximum atomic E-state index is 11.1. The zero-order chi connectivity index (χ0) is 12.4. The summed E-state index contributed by atoms with van der Waals surface area (Å²) >= 11 is 0. The molecule has 1 fully saturated rings. The van der Waals surface area contributed by atoms with Crippen LogP contribution in [0.5, 0.6) is 0 Å². The number of carbonyl (C=O) groups is 1. The molecule has 0 spiro atoms. The van der Waals surface area contributed by atoms with E-state index in [0.717, 1.165) is 43.9 Å². The number of ether oxygens (including phenoxy) is 1. The zero-order valence-electron chi connectivity index (χ0n) is 10.6. The third-order valence-corrected chi connectivity index (χ3v) is 3.43. The van der Waals surface area contributed by atoms with Crippen LogP contribution in [0.1, 0.15) is 28.9 Å². The summed E-state index contributed by atoms with van der Waals surface area (Å²) in [4.78, 5) is 13.3. The van der Waals surface area contributed by atoms with Crippen LogP contribution in [0.4, 0.5) is 5.82 Å². The largest absolute Gasteiger partial charge is 0.381 e. The van der Waals surface area contributed by atoms with Gasteiger partial charge in [0.1, 0.15) is 5.82 Å². The Labute approximate surface area is 101 Å². The molecule has 1 aromatic heterocycles. The molecule has 0 atom stereocenters. The van der Waals surface area contributed by atoms with Crippen molar-refractivity contribution in [2.75, 3.05) is 25.2 Å². The van der Waals surface area contributed by atoms with Crippen LogP contribution in [0, 0.1) is 6.92 Å². The summed E-state index contributed by atoms with van der Waals surface area (Å²) < 4.78 is 7.15. The lowest BCUT2D eigenvalue weighted by Gasteiger charge is -2.32. The molecule has 0 N–H and O–H groups in total. The lowest BCUT2D eigenvalue weighted by Crippen LogP contribution is -2.38. The van der Waals surface area contributed by atoms with Crippen molar-refractivity contribution < 1.29 is 9.53 Å². The van der Waals surface area contributed by atoms with Crippen molar-refractivity contribution in [3.8, 4) is 0 Å². The van der Waals surface area contributed by atoms with Gasteiger partial charge in [0.25, 0.3) is 0 Å². The smallest absolute Gasteiger partial charge is 0.155 e. The molecule has 0 aromatic carbocycles. The van der Waals surface area contributed by atoms with Crippen molar-refractivity contribution in [1.29, 1.82) is 0 Å². The maximum absolute atomic E-state index is 11.1. The fraction of sp³-hybridized carbons (Fsp3) is 0.667. The van der Waals surface area contributed by atoms with Gasteiger partial charge in [0.15, 0.2) is 6.29 Å². The molecule has 94 valence electrons. The van der Waals surface area contributed by atoms with Gasteiger partial charge in [-0.15, -0.1) is 0 Å². The molecule has 0 amide bonds. The SMILES string of the molecule is Cc1nn(C)c(N(C)C2CCOCC2)c1C=O. The van der Waals surface area contributed by atoms with Gasteiger partial charge < -0.3 is 9.64 Å². The highest BCUT2D eigenvalue weighted by atomic mass is 16.5. The standard InChI is InChI=1S/C12H19N3O2/c1-9-11(8-16)12(15(3)13-9)14(2)10-4-6-17-7-5-10/h8,10H,4-7H2,1-3H3. The van der Waals surface area contributed by atoms with Crippen LogP contribution < -0.4 is 4.90 Å². The minimum Gasteiger partial charge on any atom is -0.381 e. The van der Waals surface area contributed by atoms with Crippen molar-refractivity contribution >= 4 is 12.1 Å². The van der Waals surface area contributed by atoms with E-state index >= 15 is 0 Å². The first kappa shape index (κ1) is 12.1. The fourth-order valence-electron chi connectivity index (χ4n) is 2.46. The third kappa shape index (κ3) is 2.20. The van der Waals surface area contributed by atoms with E-state index in [0.29, 0.717) is 11.6 Å². The van der Waals surface area contributed by atoms with Crippen LogP contribution in [0.2, 0.25) is 0 Å². The third-order valence-electron chi connectivity index (χ3n) is 3.43. The Kier molecular flexibility index (Phi) is 3.47. The highest BCUT2D eigenvalue weighted by molar-refractivity contribution is 5.84. The van der Waals surface area contributed by atoms with Crippen LogP contribution in [0.25, 0.3) is 0 Å². The van der Waals surface area contributed by atoms with Gasteiger partial charge in [-0.2, -0.15) is 5.10 Å². The Morgan fingerprint density at radius 3 is 2.71 bits per heavy atom. The van der Waals surface area contributed by atoms with E-state index in [1.165, 1.54) is 0 Å². The summed E-state index contributed by atoms with van der Waals surface area (Å²) in [7, 11) is 3.91. The molecule has 0 saturated carbocycles. The number of anilines is 1. The first-order valence-electron chi connectivity index (χ1n) is 5.94. The zero-order valence-corrected chi connectivity index (χ0v) is 10.6. The molecular weight excluding hydrogens is 218 g/mol. The van der Waals surface area contributed by atoms with Crippen molar-refractivity contribution in [3.05, 3.63) is 11.3 Å². The number of aldehydes is 1. The number of carbonyl (C=O) groups excluding carboxylic acids is 1. The molecular formula is C12H19N3O2. The van der Waals surface area contributed by atoms with Crippen LogP contribution in [0.3, 0.4) is 0 Å². The normalized spacial score (nSPS) is 17.1. The molecule has 5 nitrogen and oxygen atoms in total. The molecule has 5 heteroatoms. The predicted molar refractivity (Wildman–Crippen MR) is 65.6 cm³/mol. The van der Waals surface area contributed by atoms with E-state index in [-0.39, 0.29) is 0 Å². The lowest BCUT2D eigenvalue weighted by molar-refractivity contribution is 0.0852. The maximum Gasteiger partial charge on any atom is 0.155 e. The molecule has 0 aliphatic carbocycles. The topological polar surface area (TPSA) is 47.4 Å². The molecule has 0 bridgehead atoms. The molecule has 2 rings (SSSR count). The number of aryl methyl sites for hydroxylation is 2. The van der Waals surface area contributed by atoms with Gasteiger partial charge in [0.05, 0.1) is 11.3 Å². The molecule has 2 heterocycles. The van der Waals surface area contributed by atoms with Crippen molar-refractivity contribution in [2.45, 2.75) is 25.8 Å². The molecule has 1 aromatic rings. The number of hydrogen-bond donors (Lipinski definition) is 0. The minimum atomic E-state index is 0.428. The average molecular weight is 237 g/mol. The molecule has 0 radical (unpaired) electrons. The summed E-state index contributed by atoms with van der Waals surface area (Å²) in [6, 6.07) is 0.428. The van der Waals surface area contributed by atoms with Crippen molar-refractivity contribution in [1.82, 2.24) is 9.78 Å². The van der Waals surface area contributed by atoms with Gasteiger partial charge >= 0.3 is 0 Å². The van der Waals surface area contributed by atoms with Gasteiger partial charge in [-0.25, -0.2) is 0 Å². The Morgan fingerprint density at radius 2 is 2.12 bits per heavy atom. The summed E-state index contributed by atoms with van der Waals surface area (Å²) in [5, 5.41) is 4.31. The number of nitrogens with zero attached hydrogens (tertiary/aromatic N) is 3. The second kappa shape index (κ2) is 4.87. The average Bonchev–Trinajstić information content (AvgIpc) is 2.63. The quantitative estimate of drug-likeness (QED) is 0.740. The van der Waals surface area contributed by atoms with E-state index in [9.17, 15) is 4.79 Å². The van der Waals surface area contributed by atoms with Crippen LogP contribution in [-0.2, 0) is 11.8 Å². The van der Waals surface area contributed by atoms with Gasteiger partial charge in [-0.05, 0) is 19.8 Å². The molecule has 1 aliphatic heterocycles. The van der Waals surface area contributed by atoms with Gasteiger partial charge in [-0.3, -0.25) is 9.48 Å². The van der Waals surface area contributed by atoms with Crippen LogP contribution >= 0.6 is 0 Å². The minimum absolute atomic E-state index is 0.428. The van der Waals surface area contributed by atoms with E-state index in [1.807, 2.05) is 21.0 Å². The Bertz CT molecular complexity index is 408. The summed E-state index contributed by atoms with van der Waals surface area (Å²) in [5.74, 6) is 0.907. The molecule has 17 heavy (non-hydrogen) atoms. The number of rotatable bonds is 3. The van der Waals surface area contributed by atoms with Gasteiger partial charge in [0, 0.05) is 33.4 Å². The highest BCUT2D eigenvalue weighted by Crippen LogP contribution is 2.25. The van der Waals surface area contributed by atoms with Crippen LogP contribution in [0.15, 0.2) is 0 Å². The lowest BCUT2D eigenvalue weighted by atomic mass is 10.1. The van der Waals surface area contributed by atoms with Crippen molar-refractivity contribution in [2.24, 2.45) is 7.05 Å². The van der Waals surface area contributed by atoms with Crippen LogP contribution in [-0.4, -0.2) is 42.4 Å². The number of aromatic nitrogens is 2. The monoisotopic (exact) mass is 237 g/mol. The number of hydrogen-bond acceptors (Lipinski definition) is 4. The van der Waals surface area contributed by atoms with Crippen molar-refractivity contribution in [3.63, 3.8) is 0 Å². The van der Waals surface area contributed by atoms with E-state index in [4.69, 9.17) is 4.74 Å². The predicted octanol–water partition coefficient (Wildman–Crippen LogP) is 1.16. The summed E-state index contributed by atoms with van der Waals surface area (Å²) in [6.07, 6.45) is 2.89. The molecule has 0 unspecified atom stereocenters. The van der Waals surface area contributed by atoms with Gasteiger partial charge in [0.2, 0.25) is 0 Å². The van der Waals surface area contributed by atoms with E-state index in [1.54, 1.807) is 4.68 Å².